The number of benzene rings is 1. The molecule has 176 valence electrons. The number of hydrogen-bond acceptors (Lipinski definition) is 4. The summed E-state index contributed by atoms with van der Waals surface area (Å²) in [4.78, 5) is 27.7. The highest BCUT2D eigenvalue weighted by molar-refractivity contribution is 6.13. The zero-order chi connectivity index (χ0) is 23.8. The van der Waals surface area contributed by atoms with Gasteiger partial charge in [-0.1, -0.05) is 62.4 Å². The highest BCUT2D eigenvalue weighted by atomic mass is 16.3. The van der Waals surface area contributed by atoms with E-state index in [1.165, 1.54) is 6.08 Å². The summed E-state index contributed by atoms with van der Waals surface area (Å²) >= 11 is 0. The molecule has 7 atom stereocenters. The van der Waals surface area contributed by atoms with Crippen LogP contribution < -0.4 is 5.32 Å². The van der Waals surface area contributed by atoms with Gasteiger partial charge in [0, 0.05) is 17.9 Å². The summed E-state index contributed by atoms with van der Waals surface area (Å²) in [7, 11) is 0. The molecule has 1 heterocycles. The van der Waals surface area contributed by atoms with Gasteiger partial charge in [-0.25, -0.2) is 0 Å². The molecule has 1 fully saturated rings. The van der Waals surface area contributed by atoms with E-state index in [0.717, 1.165) is 17.6 Å². The number of allylic oxidation sites excluding steroid dienone is 4. The van der Waals surface area contributed by atoms with Gasteiger partial charge in [-0.05, 0) is 61.3 Å². The van der Waals surface area contributed by atoms with Gasteiger partial charge in [-0.15, -0.1) is 0 Å². The standard InChI is InChI=1S/C28H35NO4/c1-18-8-7-11-22-15-21(17-30)19(2)25-23(14-20-9-5-4-6-10-20)29-26(32)28(22,25)24(31)12-13-27(3,33)16-18/h4-7,9-13,15,18-19,22-23,25,30,33H,8,14,16-17H2,1-3H3,(H,29,32)/b11-7+,13-12+/t18-,19+,22-,23-,25-,27+,28+/m1/s1. The lowest BCUT2D eigenvalue weighted by Crippen LogP contribution is -2.52. The molecule has 0 aromatic heterocycles. The Hall–Kier alpha value is -2.50. The van der Waals surface area contributed by atoms with Crippen LogP contribution in [-0.4, -0.2) is 40.2 Å². The maximum atomic E-state index is 13.9. The fourth-order valence-corrected chi connectivity index (χ4v) is 6.31. The van der Waals surface area contributed by atoms with Gasteiger partial charge in [0.05, 0.1) is 12.2 Å². The number of aliphatic hydroxyl groups excluding tert-OH is 1. The molecule has 0 saturated carbocycles. The van der Waals surface area contributed by atoms with E-state index in [0.29, 0.717) is 12.8 Å². The number of ketones is 1. The van der Waals surface area contributed by atoms with Crippen LogP contribution in [0, 0.1) is 29.1 Å². The minimum Gasteiger partial charge on any atom is -0.392 e. The largest absolute Gasteiger partial charge is 0.392 e. The maximum absolute atomic E-state index is 13.9. The second kappa shape index (κ2) is 9.03. The Morgan fingerprint density at radius 2 is 1.88 bits per heavy atom. The van der Waals surface area contributed by atoms with E-state index >= 15 is 0 Å². The minimum absolute atomic E-state index is 0.0977. The van der Waals surface area contributed by atoms with Gasteiger partial charge in [0.2, 0.25) is 5.91 Å². The van der Waals surface area contributed by atoms with E-state index in [-0.39, 0.29) is 42.1 Å². The van der Waals surface area contributed by atoms with Gasteiger partial charge >= 0.3 is 0 Å². The van der Waals surface area contributed by atoms with Crippen LogP contribution >= 0.6 is 0 Å². The monoisotopic (exact) mass is 449 g/mol. The number of hydrogen-bond donors (Lipinski definition) is 3. The van der Waals surface area contributed by atoms with Crippen molar-refractivity contribution in [2.75, 3.05) is 6.61 Å². The van der Waals surface area contributed by atoms with Crippen molar-refractivity contribution in [3.63, 3.8) is 0 Å². The predicted molar refractivity (Wildman–Crippen MR) is 128 cm³/mol. The molecular formula is C28H35NO4. The first-order valence-corrected chi connectivity index (χ1v) is 12.0. The molecule has 3 aliphatic rings. The van der Waals surface area contributed by atoms with Crippen molar-refractivity contribution in [3.05, 3.63) is 71.8 Å². The van der Waals surface area contributed by atoms with Crippen LogP contribution in [0.2, 0.25) is 0 Å². The number of carbonyl (C=O) groups excluding carboxylic acids is 2. The lowest BCUT2D eigenvalue weighted by Gasteiger charge is -2.44. The first-order valence-electron chi connectivity index (χ1n) is 12.0. The molecule has 0 radical (unpaired) electrons. The summed E-state index contributed by atoms with van der Waals surface area (Å²) in [5, 5.41) is 24.1. The summed E-state index contributed by atoms with van der Waals surface area (Å²) in [6.45, 7) is 5.69. The van der Waals surface area contributed by atoms with E-state index in [9.17, 15) is 19.8 Å². The van der Waals surface area contributed by atoms with Crippen molar-refractivity contribution < 1.29 is 19.8 Å². The molecule has 1 saturated heterocycles. The van der Waals surface area contributed by atoms with E-state index < -0.39 is 16.9 Å². The molecule has 0 bridgehead atoms. The first kappa shape index (κ1) is 23.7. The highest BCUT2D eigenvalue weighted by Gasteiger charge is 2.65. The molecule has 1 aromatic carbocycles. The molecule has 33 heavy (non-hydrogen) atoms. The summed E-state index contributed by atoms with van der Waals surface area (Å²) in [6, 6.07) is 9.73. The Morgan fingerprint density at radius 1 is 1.15 bits per heavy atom. The third-order valence-corrected chi connectivity index (χ3v) is 7.82. The van der Waals surface area contributed by atoms with Crippen molar-refractivity contribution in [1.82, 2.24) is 5.32 Å². The number of amides is 1. The van der Waals surface area contributed by atoms with Crippen LogP contribution in [0.4, 0.5) is 0 Å². The van der Waals surface area contributed by atoms with Crippen LogP contribution in [-0.2, 0) is 16.0 Å². The summed E-state index contributed by atoms with van der Waals surface area (Å²) in [6.07, 6.45) is 10.8. The molecule has 3 N–H and O–H groups in total. The van der Waals surface area contributed by atoms with Crippen LogP contribution in [0.1, 0.15) is 39.2 Å². The lowest BCUT2D eigenvalue weighted by atomic mass is 9.55. The molecule has 4 rings (SSSR count). The highest BCUT2D eigenvalue weighted by Crippen LogP contribution is 2.54. The van der Waals surface area contributed by atoms with Gasteiger partial charge in [-0.2, -0.15) is 0 Å². The Labute approximate surface area is 196 Å². The fourth-order valence-electron chi connectivity index (χ4n) is 6.31. The molecule has 0 unspecified atom stereocenters. The Kier molecular flexibility index (Phi) is 6.47. The van der Waals surface area contributed by atoms with Crippen molar-refractivity contribution in [3.8, 4) is 0 Å². The molecule has 2 aliphatic carbocycles. The SMILES string of the molecule is C[C@@H]1C/C=C/[C@@H]2C=C(CO)[C@H](C)[C@@H]3[C@@H](Cc4ccccc4)NC(=O)[C@@]32C(=O)/C=C/[C@](C)(O)C1. The summed E-state index contributed by atoms with van der Waals surface area (Å²) in [5.74, 6) is -1.22. The third kappa shape index (κ3) is 4.24. The minimum atomic E-state index is -1.30. The molecular weight excluding hydrogens is 414 g/mol. The average Bonchev–Trinajstić information content (AvgIpc) is 3.06. The summed E-state index contributed by atoms with van der Waals surface area (Å²) in [5.41, 5.74) is -0.462. The Balaban J connectivity index is 1.86. The van der Waals surface area contributed by atoms with E-state index in [1.54, 1.807) is 13.0 Å². The number of rotatable bonds is 3. The Bertz CT molecular complexity index is 992. The second-order valence-corrected chi connectivity index (χ2v) is 10.4. The molecule has 1 amide bonds. The van der Waals surface area contributed by atoms with Gasteiger partial charge in [-0.3, -0.25) is 9.59 Å². The lowest BCUT2D eigenvalue weighted by molar-refractivity contribution is -0.142. The van der Waals surface area contributed by atoms with Gasteiger partial charge in [0.15, 0.2) is 5.78 Å². The zero-order valence-electron chi connectivity index (χ0n) is 19.7. The van der Waals surface area contributed by atoms with Crippen molar-refractivity contribution in [2.24, 2.45) is 29.1 Å². The van der Waals surface area contributed by atoms with E-state index in [4.69, 9.17) is 0 Å². The quantitative estimate of drug-likeness (QED) is 0.488. The van der Waals surface area contributed by atoms with Gasteiger partial charge < -0.3 is 15.5 Å². The number of carbonyl (C=O) groups is 2. The van der Waals surface area contributed by atoms with Gasteiger partial charge in [0.25, 0.3) is 0 Å². The molecule has 5 heteroatoms. The first-order chi connectivity index (χ1) is 15.7. The normalized spacial score (nSPS) is 40.6. The Morgan fingerprint density at radius 3 is 2.58 bits per heavy atom. The van der Waals surface area contributed by atoms with E-state index in [2.05, 4.69) is 12.2 Å². The third-order valence-electron chi connectivity index (χ3n) is 7.82. The molecule has 1 spiro atoms. The molecule has 5 nitrogen and oxygen atoms in total. The van der Waals surface area contributed by atoms with E-state index in [1.807, 2.05) is 55.5 Å². The van der Waals surface area contributed by atoms with Crippen molar-refractivity contribution in [2.45, 2.75) is 51.7 Å². The average molecular weight is 450 g/mol. The maximum Gasteiger partial charge on any atom is 0.235 e. The topological polar surface area (TPSA) is 86.6 Å². The van der Waals surface area contributed by atoms with Gasteiger partial charge in [0.1, 0.15) is 5.41 Å². The number of aliphatic hydroxyl groups is 2. The van der Waals surface area contributed by atoms with Crippen LogP contribution in [0.25, 0.3) is 0 Å². The van der Waals surface area contributed by atoms with Crippen LogP contribution in [0.5, 0.6) is 0 Å². The second-order valence-electron chi connectivity index (χ2n) is 10.4. The fraction of sp³-hybridized carbons (Fsp3) is 0.500. The van der Waals surface area contributed by atoms with Crippen LogP contribution in [0.3, 0.4) is 0 Å². The molecule has 1 aliphatic heterocycles. The smallest absolute Gasteiger partial charge is 0.235 e. The number of nitrogens with one attached hydrogen (secondary N) is 1. The summed E-state index contributed by atoms with van der Waals surface area (Å²) < 4.78 is 0. The van der Waals surface area contributed by atoms with Crippen molar-refractivity contribution >= 4 is 11.7 Å². The zero-order valence-corrected chi connectivity index (χ0v) is 19.7. The van der Waals surface area contributed by atoms with Crippen LogP contribution in [0.15, 0.2) is 66.3 Å². The predicted octanol–water partition coefficient (Wildman–Crippen LogP) is 3.38. The van der Waals surface area contributed by atoms with Crippen molar-refractivity contribution in [1.29, 1.82) is 0 Å². The molecule has 1 aromatic rings.